The number of para-hydroxylation sites is 1. The van der Waals surface area contributed by atoms with E-state index in [1.807, 2.05) is 0 Å². The first-order valence-corrected chi connectivity index (χ1v) is 8.26. The second kappa shape index (κ2) is 5.49. The lowest BCUT2D eigenvalue weighted by atomic mass is 9.75. The maximum Gasteiger partial charge on any atom is 0.134 e. The molecule has 3 rings (SSSR count). The standard InChI is InChI=1S/C19H27NO/c1-5-15-17(13-9-6-7-11-16(13)21-15)18(20-4)14-10-8-12-19(14,2)3/h6-7,9,11,14,18,20H,5,8,10,12H2,1-4H3. The molecule has 1 aliphatic rings. The van der Waals surface area contributed by atoms with Gasteiger partial charge >= 0.3 is 0 Å². The zero-order valence-corrected chi connectivity index (χ0v) is 13.7. The normalized spacial score (nSPS) is 22.8. The predicted molar refractivity (Wildman–Crippen MR) is 88.5 cm³/mol. The number of hydrogen-bond acceptors (Lipinski definition) is 2. The molecule has 2 unspecified atom stereocenters. The molecule has 21 heavy (non-hydrogen) atoms. The predicted octanol–water partition coefficient (Wildman–Crippen LogP) is 5.08. The molecule has 1 heterocycles. The first-order chi connectivity index (χ1) is 10.1. The molecule has 0 bridgehead atoms. The summed E-state index contributed by atoms with van der Waals surface area (Å²) in [6.45, 7) is 7.03. The van der Waals surface area contributed by atoms with Gasteiger partial charge in [0.1, 0.15) is 11.3 Å². The minimum absolute atomic E-state index is 0.390. The fraction of sp³-hybridized carbons (Fsp3) is 0.579. The Kier molecular flexibility index (Phi) is 3.83. The van der Waals surface area contributed by atoms with Crippen molar-refractivity contribution in [3.63, 3.8) is 0 Å². The van der Waals surface area contributed by atoms with E-state index in [-0.39, 0.29) is 0 Å². The van der Waals surface area contributed by atoms with Gasteiger partial charge in [0.25, 0.3) is 0 Å². The van der Waals surface area contributed by atoms with E-state index in [9.17, 15) is 0 Å². The number of fused-ring (bicyclic) bond motifs is 1. The minimum atomic E-state index is 0.390. The van der Waals surface area contributed by atoms with Gasteiger partial charge in [0.2, 0.25) is 0 Å². The summed E-state index contributed by atoms with van der Waals surface area (Å²) in [5, 5.41) is 4.90. The summed E-state index contributed by atoms with van der Waals surface area (Å²) in [6, 6.07) is 8.86. The topological polar surface area (TPSA) is 25.2 Å². The van der Waals surface area contributed by atoms with Gasteiger partial charge in [-0.2, -0.15) is 0 Å². The lowest BCUT2D eigenvalue weighted by Gasteiger charge is -2.34. The highest BCUT2D eigenvalue weighted by Gasteiger charge is 2.41. The molecule has 0 aliphatic heterocycles. The van der Waals surface area contributed by atoms with E-state index in [1.54, 1.807) is 0 Å². The summed E-state index contributed by atoms with van der Waals surface area (Å²) in [5.41, 5.74) is 2.83. The molecule has 114 valence electrons. The van der Waals surface area contributed by atoms with Crippen LogP contribution in [0.1, 0.15) is 57.4 Å². The molecule has 1 aromatic carbocycles. The number of rotatable bonds is 4. The Balaban J connectivity index is 2.12. The number of benzene rings is 1. The van der Waals surface area contributed by atoms with Crippen LogP contribution in [0.2, 0.25) is 0 Å². The number of furan rings is 1. The first kappa shape index (κ1) is 14.6. The fourth-order valence-corrected chi connectivity index (χ4v) is 4.24. The summed E-state index contributed by atoms with van der Waals surface area (Å²) in [5.74, 6) is 1.83. The van der Waals surface area contributed by atoms with Crippen molar-refractivity contribution in [1.82, 2.24) is 5.32 Å². The molecular formula is C19H27NO. The first-order valence-electron chi connectivity index (χ1n) is 8.26. The molecule has 2 aromatic rings. The maximum absolute atomic E-state index is 6.12. The van der Waals surface area contributed by atoms with Crippen LogP contribution in [0.3, 0.4) is 0 Å². The second-order valence-corrected chi connectivity index (χ2v) is 7.04. The molecule has 1 saturated carbocycles. The number of nitrogens with one attached hydrogen (secondary N) is 1. The van der Waals surface area contributed by atoms with E-state index in [0.29, 0.717) is 17.4 Å². The van der Waals surface area contributed by atoms with Crippen molar-refractivity contribution in [3.05, 3.63) is 35.6 Å². The molecule has 0 saturated heterocycles. The highest BCUT2D eigenvalue weighted by molar-refractivity contribution is 5.82. The van der Waals surface area contributed by atoms with E-state index in [4.69, 9.17) is 4.42 Å². The van der Waals surface area contributed by atoms with Crippen molar-refractivity contribution in [2.75, 3.05) is 7.05 Å². The van der Waals surface area contributed by atoms with Crippen molar-refractivity contribution in [1.29, 1.82) is 0 Å². The molecule has 2 heteroatoms. The Morgan fingerprint density at radius 2 is 2.10 bits per heavy atom. The Bertz CT molecular complexity index is 626. The summed E-state index contributed by atoms with van der Waals surface area (Å²) in [6.07, 6.45) is 4.93. The smallest absolute Gasteiger partial charge is 0.134 e. The third-order valence-corrected chi connectivity index (χ3v) is 5.40. The van der Waals surface area contributed by atoms with Crippen molar-refractivity contribution in [2.24, 2.45) is 11.3 Å². The van der Waals surface area contributed by atoms with Crippen LogP contribution in [0.15, 0.2) is 28.7 Å². The molecule has 2 nitrogen and oxygen atoms in total. The average Bonchev–Trinajstić information content (AvgIpc) is 3.01. The highest BCUT2D eigenvalue weighted by atomic mass is 16.3. The fourth-order valence-electron chi connectivity index (χ4n) is 4.24. The zero-order valence-electron chi connectivity index (χ0n) is 13.7. The lowest BCUT2D eigenvalue weighted by molar-refractivity contribution is 0.203. The number of aryl methyl sites for hydroxylation is 1. The Hall–Kier alpha value is -1.28. The summed E-state index contributed by atoms with van der Waals surface area (Å²) in [7, 11) is 2.10. The van der Waals surface area contributed by atoms with Crippen molar-refractivity contribution < 1.29 is 4.42 Å². The van der Waals surface area contributed by atoms with Crippen LogP contribution in [-0.2, 0) is 6.42 Å². The lowest BCUT2D eigenvalue weighted by Crippen LogP contribution is -2.32. The Labute approximate surface area is 127 Å². The molecular weight excluding hydrogens is 258 g/mol. The van der Waals surface area contributed by atoms with E-state index in [1.165, 1.54) is 30.2 Å². The largest absolute Gasteiger partial charge is 0.461 e. The van der Waals surface area contributed by atoms with Crippen LogP contribution in [0.4, 0.5) is 0 Å². The van der Waals surface area contributed by atoms with Crippen LogP contribution in [-0.4, -0.2) is 7.05 Å². The van der Waals surface area contributed by atoms with E-state index in [2.05, 4.69) is 57.4 Å². The van der Waals surface area contributed by atoms with Gasteiger partial charge in [0, 0.05) is 23.4 Å². The van der Waals surface area contributed by atoms with Crippen LogP contribution >= 0.6 is 0 Å². The molecule has 0 amide bonds. The zero-order chi connectivity index (χ0) is 15.0. The van der Waals surface area contributed by atoms with Crippen molar-refractivity contribution in [2.45, 2.75) is 52.5 Å². The molecule has 1 N–H and O–H groups in total. The highest BCUT2D eigenvalue weighted by Crippen LogP contribution is 2.50. The maximum atomic E-state index is 6.12. The molecule has 2 atom stereocenters. The van der Waals surface area contributed by atoms with Gasteiger partial charge < -0.3 is 9.73 Å². The summed E-state index contributed by atoms with van der Waals surface area (Å²) >= 11 is 0. The average molecular weight is 285 g/mol. The Morgan fingerprint density at radius 3 is 2.71 bits per heavy atom. The van der Waals surface area contributed by atoms with Crippen LogP contribution in [0.5, 0.6) is 0 Å². The van der Waals surface area contributed by atoms with E-state index < -0.39 is 0 Å². The molecule has 0 spiro atoms. The van der Waals surface area contributed by atoms with E-state index >= 15 is 0 Å². The third kappa shape index (κ3) is 2.40. The van der Waals surface area contributed by atoms with Crippen LogP contribution < -0.4 is 5.32 Å². The van der Waals surface area contributed by atoms with Crippen molar-refractivity contribution in [3.8, 4) is 0 Å². The van der Waals surface area contributed by atoms with Gasteiger partial charge in [-0.1, -0.05) is 45.4 Å². The van der Waals surface area contributed by atoms with Crippen LogP contribution in [0.25, 0.3) is 11.0 Å². The monoisotopic (exact) mass is 285 g/mol. The van der Waals surface area contributed by atoms with Gasteiger partial charge in [-0.25, -0.2) is 0 Å². The van der Waals surface area contributed by atoms with Crippen LogP contribution in [0, 0.1) is 11.3 Å². The molecule has 1 aromatic heterocycles. The van der Waals surface area contributed by atoms with Crippen molar-refractivity contribution >= 4 is 11.0 Å². The molecule has 1 aliphatic carbocycles. The van der Waals surface area contributed by atoms with Gasteiger partial charge in [0.15, 0.2) is 0 Å². The summed E-state index contributed by atoms with van der Waals surface area (Å²) in [4.78, 5) is 0. The minimum Gasteiger partial charge on any atom is -0.461 e. The van der Waals surface area contributed by atoms with Gasteiger partial charge in [-0.05, 0) is 37.3 Å². The summed E-state index contributed by atoms with van der Waals surface area (Å²) < 4.78 is 6.12. The van der Waals surface area contributed by atoms with Gasteiger partial charge in [-0.3, -0.25) is 0 Å². The van der Waals surface area contributed by atoms with E-state index in [0.717, 1.165) is 17.8 Å². The SMILES string of the molecule is CCc1oc2ccccc2c1C(NC)C1CCCC1(C)C. The Morgan fingerprint density at radius 1 is 1.33 bits per heavy atom. The quantitative estimate of drug-likeness (QED) is 0.847. The van der Waals surface area contributed by atoms with Gasteiger partial charge in [-0.15, -0.1) is 0 Å². The second-order valence-electron chi connectivity index (χ2n) is 7.04. The third-order valence-electron chi connectivity index (χ3n) is 5.40. The van der Waals surface area contributed by atoms with Gasteiger partial charge in [0.05, 0.1) is 0 Å². The molecule has 0 radical (unpaired) electrons. The number of hydrogen-bond donors (Lipinski definition) is 1. The molecule has 1 fully saturated rings.